The summed E-state index contributed by atoms with van der Waals surface area (Å²) in [5, 5.41) is 0. The summed E-state index contributed by atoms with van der Waals surface area (Å²) in [6.45, 7) is 2.12. The molecule has 0 unspecified atom stereocenters. The SMILES string of the molecule is CC/C=C/CCC1CCC(CCc2cc(F)c(OC(F)(F)F)c(F)c2)CC1. The van der Waals surface area contributed by atoms with Crippen molar-refractivity contribution < 1.29 is 26.7 Å². The van der Waals surface area contributed by atoms with Gasteiger partial charge in [0, 0.05) is 0 Å². The van der Waals surface area contributed by atoms with E-state index >= 15 is 0 Å². The molecule has 0 spiro atoms. The topological polar surface area (TPSA) is 9.23 Å². The van der Waals surface area contributed by atoms with Crippen LogP contribution in [0.3, 0.4) is 0 Å². The van der Waals surface area contributed by atoms with E-state index in [0.29, 0.717) is 17.9 Å². The lowest BCUT2D eigenvalue weighted by Gasteiger charge is -2.28. The first kappa shape index (κ1) is 21.7. The molecular formula is C21H27F5O. The highest BCUT2D eigenvalue weighted by Gasteiger charge is 2.34. The molecule has 0 radical (unpaired) electrons. The van der Waals surface area contributed by atoms with Crippen LogP contribution < -0.4 is 4.74 Å². The van der Waals surface area contributed by atoms with Crippen molar-refractivity contribution in [3.05, 3.63) is 41.5 Å². The van der Waals surface area contributed by atoms with Crippen LogP contribution in [-0.4, -0.2) is 6.36 Å². The Morgan fingerprint density at radius 2 is 1.52 bits per heavy atom. The lowest BCUT2D eigenvalue weighted by atomic mass is 9.78. The van der Waals surface area contributed by atoms with Gasteiger partial charge in [-0.25, -0.2) is 8.78 Å². The van der Waals surface area contributed by atoms with Crippen LogP contribution in [0.4, 0.5) is 22.0 Å². The van der Waals surface area contributed by atoms with Crippen LogP contribution in [0.15, 0.2) is 24.3 Å². The minimum Gasteiger partial charge on any atom is -0.399 e. The first-order valence-electron chi connectivity index (χ1n) is 9.67. The predicted molar refractivity (Wildman–Crippen MR) is 95.5 cm³/mol. The van der Waals surface area contributed by atoms with E-state index in [4.69, 9.17) is 0 Å². The maximum atomic E-state index is 13.8. The molecule has 152 valence electrons. The van der Waals surface area contributed by atoms with Crippen LogP contribution in [0, 0.1) is 23.5 Å². The van der Waals surface area contributed by atoms with Crippen LogP contribution >= 0.6 is 0 Å². The fourth-order valence-electron chi connectivity index (χ4n) is 3.77. The maximum Gasteiger partial charge on any atom is 0.573 e. The van der Waals surface area contributed by atoms with Gasteiger partial charge in [0.25, 0.3) is 0 Å². The number of benzene rings is 1. The molecule has 0 heterocycles. The second kappa shape index (κ2) is 10.1. The van der Waals surface area contributed by atoms with Gasteiger partial charge in [-0.3, -0.25) is 0 Å². The van der Waals surface area contributed by atoms with Crippen LogP contribution in [0.1, 0.15) is 63.9 Å². The summed E-state index contributed by atoms with van der Waals surface area (Å²) in [5.41, 5.74) is 0.367. The average Bonchev–Trinajstić information content (AvgIpc) is 2.60. The molecule has 0 atom stereocenters. The zero-order chi connectivity index (χ0) is 19.9. The smallest absolute Gasteiger partial charge is 0.399 e. The number of aryl methyl sites for hydroxylation is 1. The second-order valence-corrected chi connectivity index (χ2v) is 7.32. The van der Waals surface area contributed by atoms with E-state index in [1.54, 1.807) is 0 Å². The van der Waals surface area contributed by atoms with Gasteiger partial charge in [0.2, 0.25) is 5.75 Å². The van der Waals surface area contributed by atoms with Gasteiger partial charge in [0.15, 0.2) is 11.6 Å². The minimum atomic E-state index is -5.12. The number of halogens is 5. The molecule has 1 aliphatic rings. The third kappa shape index (κ3) is 7.51. The molecule has 2 rings (SSSR count). The Bertz CT molecular complexity index is 592. The second-order valence-electron chi connectivity index (χ2n) is 7.32. The van der Waals surface area contributed by atoms with Crippen LogP contribution in [0.25, 0.3) is 0 Å². The largest absolute Gasteiger partial charge is 0.573 e. The summed E-state index contributed by atoms with van der Waals surface area (Å²) >= 11 is 0. The van der Waals surface area contributed by atoms with Gasteiger partial charge < -0.3 is 4.74 Å². The predicted octanol–water partition coefficient (Wildman–Crippen LogP) is 7.35. The molecule has 0 bridgehead atoms. The van der Waals surface area contributed by atoms with Crippen molar-refractivity contribution in [2.24, 2.45) is 11.8 Å². The number of hydrogen-bond acceptors (Lipinski definition) is 1. The van der Waals surface area contributed by atoms with Crippen molar-refractivity contribution in [2.75, 3.05) is 0 Å². The molecule has 0 N–H and O–H groups in total. The van der Waals surface area contributed by atoms with Gasteiger partial charge in [-0.2, -0.15) is 0 Å². The standard InChI is InChI=1S/C21H27F5O/c1-2-3-4-5-6-15-7-9-16(10-8-15)11-12-17-13-18(22)20(19(23)14-17)27-21(24,25)26/h3-4,13-16H,2,5-12H2,1H3/b4-3+. The van der Waals surface area contributed by atoms with Crippen molar-refractivity contribution >= 4 is 0 Å². The summed E-state index contributed by atoms with van der Waals surface area (Å²) in [5.74, 6) is -2.76. The van der Waals surface area contributed by atoms with Crippen LogP contribution in [0.2, 0.25) is 0 Å². The molecular weight excluding hydrogens is 363 g/mol. The fourth-order valence-corrected chi connectivity index (χ4v) is 3.77. The quantitative estimate of drug-likeness (QED) is 0.333. The van der Waals surface area contributed by atoms with Gasteiger partial charge in [-0.1, -0.05) is 44.8 Å². The molecule has 1 aromatic rings. The van der Waals surface area contributed by atoms with E-state index in [2.05, 4.69) is 23.8 Å². The van der Waals surface area contributed by atoms with E-state index in [1.165, 1.54) is 19.3 Å². The Morgan fingerprint density at radius 1 is 0.963 bits per heavy atom. The zero-order valence-corrected chi connectivity index (χ0v) is 15.6. The number of ether oxygens (including phenoxy) is 1. The maximum absolute atomic E-state index is 13.8. The highest BCUT2D eigenvalue weighted by atomic mass is 19.4. The fraction of sp³-hybridized carbons (Fsp3) is 0.619. The van der Waals surface area contributed by atoms with Crippen molar-refractivity contribution in [3.63, 3.8) is 0 Å². The number of alkyl halides is 3. The first-order valence-corrected chi connectivity index (χ1v) is 9.67. The van der Waals surface area contributed by atoms with E-state index in [9.17, 15) is 22.0 Å². The molecule has 0 saturated heterocycles. The number of allylic oxidation sites excluding steroid dienone is 2. The molecule has 1 aromatic carbocycles. The normalized spacial score (nSPS) is 21.0. The minimum absolute atomic E-state index is 0.367. The lowest BCUT2D eigenvalue weighted by Crippen LogP contribution is -2.19. The summed E-state index contributed by atoms with van der Waals surface area (Å²) in [7, 11) is 0. The zero-order valence-electron chi connectivity index (χ0n) is 15.6. The van der Waals surface area contributed by atoms with Gasteiger partial charge >= 0.3 is 6.36 Å². The molecule has 1 fully saturated rings. The van der Waals surface area contributed by atoms with E-state index < -0.39 is 23.7 Å². The Hall–Kier alpha value is -1.59. The highest BCUT2D eigenvalue weighted by Crippen LogP contribution is 2.35. The van der Waals surface area contributed by atoms with Crippen molar-refractivity contribution in [3.8, 4) is 5.75 Å². The molecule has 1 saturated carbocycles. The van der Waals surface area contributed by atoms with Crippen molar-refractivity contribution in [1.29, 1.82) is 0 Å². The van der Waals surface area contributed by atoms with Gasteiger partial charge in [0.05, 0.1) is 0 Å². The molecule has 27 heavy (non-hydrogen) atoms. The van der Waals surface area contributed by atoms with Gasteiger partial charge in [0.1, 0.15) is 0 Å². The van der Waals surface area contributed by atoms with Crippen molar-refractivity contribution in [2.45, 2.75) is 71.1 Å². The van der Waals surface area contributed by atoms with Gasteiger partial charge in [-0.05, 0) is 61.6 Å². The van der Waals surface area contributed by atoms with Crippen molar-refractivity contribution in [1.82, 2.24) is 0 Å². The Labute approximate surface area is 157 Å². The van der Waals surface area contributed by atoms with Gasteiger partial charge in [-0.15, -0.1) is 13.2 Å². The summed E-state index contributed by atoms with van der Waals surface area (Å²) in [6.07, 6.45) is 8.49. The van der Waals surface area contributed by atoms with Crippen LogP contribution in [-0.2, 0) is 6.42 Å². The molecule has 0 aliphatic heterocycles. The monoisotopic (exact) mass is 390 g/mol. The van der Waals surface area contributed by atoms with E-state index in [1.807, 2.05) is 0 Å². The lowest BCUT2D eigenvalue weighted by molar-refractivity contribution is -0.276. The molecule has 1 nitrogen and oxygen atoms in total. The molecule has 0 amide bonds. The van der Waals surface area contributed by atoms with Crippen LogP contribution in [0.5, 0.6) is 5.75 Å². The Morgan fingerprint density at radius 3 is 2.04 bits per heavy atom. The van der Waals surface area contributed by atoms with E-state index in [0.717, 1.165) is 50.2 Å². The number of rotatable bonds is 8. The molecule has 6 heteroatoms. The first-order chi connectivity index (χ1) is 12.8. The highest BCUT2D eigenvalue weighted by molar-refractivity contribution is 5.31. The third-order valence-electron chi connectivity index (χ3n) is 5.23. The molecule has 1 aliphatic carbocycles. The Balaban J connectivity index is 1.80. The average molecular weight is 390 g/mol. The summed E-state index contributed by atoms with van der Waals surface area (Å²) in [4.78, 5) is 0. The molecule has 0 aromatic heterocycles. The Kier molecular flexibility index (Phi) is 8.11. The summed E-state index contributed by atoms with van der Waals surface area (Å²) < 4.78 is 67.5. The number of hydrogen-bond donors (Lipinski definition) is 0. The van der Waals surface area contributed by atoms with E-state index in [-0.39, 0.29) is 0 Å². The summed E-state index contributed by atoms with van der Waals surface area (Å²) in [6, 6.07) is 1.88. The third-order valence-corrected chi connectivity index (χ3v) is 5.23.